The lowest BCUT2D eigenvalue weighted by Gasteiger charge is -2.34. The number of hydrogen-bond donors (Lipinski definition) is 0. The summed E-state index contributed by atoms with van der Waals surface area (Å²) in [5.74, 6) is 0. The molecule has 0 atom stereocenters. The van der Waals surface area contributed by atoms with Gasteiger partial charge in [-0.3, -0.25) is 0 Å². The number of nitrogens with zero attached hydrogens (tertiary/aromatic N) is 2. The zero-order chi connectivity index (χ0) is 16.3. The fourth-order valence-corrected chi connectivity index (χ4v) is 4.49. The molecule has 0 radical (unpaired) electrons. The van der Waals surface area contributed by atoms with Crippen LogP contribution in [0.4, 0.5) is 11.4 Å². The average molecular weight is 314 g/mol. The van der Waals surface area contributed by atoms with E-state index in [2.05, 4.69) is 105 Å². The third-order valence-corrected chi connectivity index (χ3v) is 7.11. The van der Waals surface area contributed by atoms with Gasteiger partial charge < -0.3 is 9.80 Å². The highest BCUT2D eigenvalue weighted by Gasteiger charge is 2.21. The van der Waals surface area contributed by atoms with Crippen LogP contribution in [0, 0.1) is 0 Å². The minimum Gasteiger partial charge on any atom is -0.378 e. The minimum atomic E-state index is -1.24. The molecular weight excluding hydrogens is 288 g/mol. The molecule has 2 nitrogen and oxygen atoms in total. The van der Waals surface area contributed by atoms with Crippen molar-refractivity contribution < 1.29 is 0 Å². The summed E-state index contributed by atoms with van der Waals surface area (Å²) in [5, 5.41) is 2.12. The summed E-state index contributed by atoms with van der Waals surface area (Å²) in [4.78, 5) is 6.96. The highest BCUT2D eigenvalue weighted by molar-refractivity contribution is 8.35. The Kier molecular flexibility index (Phi) is 4.87. The lowest BCUT2D eigenvalue weighted by atomic mass is 10.3. The molecule has 22 heavy (non-hydrogen) atoms. The van der Waals surface area contributed by atoms with Crippen LogP contribution in [0.25, 0.3) is 0 Å². The summed E-state index contributed by atoms with van der Waals surface area (Å²) in [5.41, 5.74) is 2.45. The average Bonchev–Trinajstić information content (AvgIpc) is 2.54. The summed E-state index contributed by atoms with van der Waals surface area (Å²) in [6.07, 6.45) is 2.31. The van der Waals surface area contributed by atoms with Gasteiger partial charge in [-0.05, 0) is 57.9 Å². The molecule has 0 saturated heterocycles. The van der Waals surface area contributed by atoms with Crippen LogP contribution >= 0.6 is 10.0 Å². The first kappa shape index (κ1) is 16.5. The second-order valence-corrected chi connectivity index (χ2v) is 9.17. The van der Waals surface area contributed by atoms with E-state index in [0.717, 1.165) is 0 Å². The van der Waals surface area contributed by atoms with Crippen molar-refractivity contribution in [1.82, 2.24) is 0 Å². The zero-order valence-electron chi connectivity index (χ0n) is 14.2. The molecule has 0 saturated carbocycles. The normalized spacial score (nSPS) is 11.9. The first-order valence-electron chi connectivity index (χ1n) is 7.34. The third-order valence-electron chi connectivity index (χ3n) is 3.98. The second-order valence-electron chi connectivity index (χ2n) is 5.93. The van der Waals surface area contributed by atoms with Gasteiger partial charge in [0, 0.05) is 39.6 Å². The van der Waals surface area contributed by atoms with Crippen LogP contribution in [0.2, 0.25) is 0 Å². The SMILES string of the molecule is C=CS(C)(c1cccc(N(C)C)c1)c1cccc(N(C)C)c1. The first-order valence-corrected chi connectivity index (χ1v) is 9.44. The van der Waals surface area contributed by atoms with Crippen LogP contribution in [0.1, 0.15) is 0 Å². The fourth-order valence-electron chi connectivity index (χ4n) is 2.38. The number of rotatable bonds is 5. The Morgan fingerprint density at radius 1 is 0.818 bits per heavy atom. The summed E-state index contributed by atoms with van der Waals surface area (Å²) < 4.78 is 0. The van der Waals surface area contributed by atoms with Gasteiger partial charge >= 0.3 is 0 Å². The molecule has 3 heteroatoms. The van der Waals surface area contributed by atoms with Gasteiger partial charge in [-0.2, -0.15) is 10.0 Å². The van der Waals surface area contributed by atoms with Gasteiger partial charge in [0.25, 0.3) is 0 Å². The van der Waals surface area contributed by atoms with Crippen molar-refractivity contribution in [1.29, 1.82) is 0 Å². The van der Waals surface area contributed by atoms with Gasteiger partial charge in [0.2, 0.25) is 0 Å². The second kappa shape index (κ2) is 6.49. The minimum absolute atomic E-state index is 1.22. The topological polar surface area (TPSA) is 6.48 Å². The molecule has 0 spiro atoms. The number of benzene rings is 2. The Labute approximate surface area is 136 Å². The molecule has 0 bridgehead atoms. The van der Waals surface area contributed by atoms with E-state index < -0.39 is 10.0 Å². The van der Waals surface area contributed by atoms with E-state index in [1.165, 1.54) is 21.2 Å². The van der Waals surface area contributed by atoms with Crippen LogP contribution in [0.3, 0.4) is 0 Å². The molecule has 0 N–H and O–H groups in total. The highest BCUT2D eigenvalue weighted by atomic mass is 32.3. The molecule has 0 aliphatic heterocycles. The van der Waals surface area contributed by atoms with Crippen molar-refractivity contribution in [2.24, 2.45) is 0 Å². The molecule has 0 fully saturated rings. The predicted molar refractivity (Wildman–Crippen MR) is 102 cm³/mol. The summed E-state index contributed by atoms with van der Waals surface area (Å²) in [6.45, 7) is 4.14. The maximum Gasteiger partial charge on any atom is 0.0371 e. The van der Waals surface area contributed by atoms with Crippen LogP contribution in [0.5, 0.6) is 0 Å². The van der Waals surface area contributed by atoms with Crippen LogP contribution in [0.15, 0.2) is 70.3 Å². The van der Waals surface area contributed by atoms with Crippen molar-refractivity contribution in [3.63, 3.8) is 0 Å². The van der Waals surface area contributed by atoms with Crippen molar-refractivity contribution >= 4 is 21.4 Å². The van der Waals surface area contributed by atoms with E-state index in [4.69, 9.17) is 0 Å². The molecule has 2 aromatic rings. The zero-order valence-corrected chi connectivity index (χ0v) is 15.0. The van der Waals surface area contributed by atoms with Gasteiger partial charge in [0.05, 0.1) is 0 Å². The fraction of sp³-hybridized carbons (Fsp3) is 0.263. The van der Waals surface area contributed by atoms with Crippen molar-refractivity contribution in [3.8, 4) is 0 Å². The molecule has 2 rings (SSSR count). The third kappa shape index (κ3) is 3.14. The van der Waals surface area contributed by atoms with Crippen molar-refractivity contribution in [3.05, 3.63) is 60.5 Å². The van der Waals surface area contributed by atoms with E-state index in [1.807, 2.05) is 0 Å². The van der Waals surface area contributed by atoms with Crippen molar-refractivity contribution in [2.45, 2.75) is 9.79 Å². The largest absolute Gasteiger partial charge is 0.378 e. The van der Waals surface area contributed by atoms with Crippen LogP contribution < -0.4 is 9.80 Å². The van der Waals surface area contributed by atoms with E-state index in [-0.39, 0.29) is 0 Å². The van der Waals surface area contributed by atoms with E-state index >= 15 is 0 Å². The Balaban J connectivity index is 2.55. The number of hydrogen-bond acceptors (Lipinski definition) is 2. The van der Waals surface area contributed by atoms with Crippen LogP contribution in [-0.4, -0.2) is 34.4 Å². The molecule has 2 aromatic carbocycles. The molecular formula is C19H26N2S. The van der Waals surface area contributed by atoms with Gasteiger partial charge in [-0.25, -0.2) is 0 Å². The highest BCUT2D eigenvalue weighted by Crippen LogP contribution is 2.61. The first-order chi connectivity index (χ1) is 10.4. The van der Waals surface area contributed by atoms with Gasteiger partial charge in [0.1, 0.15) is 0 Å². The Bertz CT molecular complexity index is 610. The molecule has 118 valence electrons. The van der Waals surface area contributed by atoms with E-state index in [9.17, 15) is 0 Å². The standard InChI is InChI=1S/C19H26N2S/c1-7-22(6,18-12-8-10-16(14-18)20(2)3)19-13-9-11-17(15-19)21(4)5/h7-15H,1H2,2-6H3. The maximum absolute atomic E-state index is 4.14. The predicted octanol–water partition coefficient (Wildman–Crippen LogP) is 4.81. The lowest BCUT2D eigenvalue weighted by Crippen LogP contribution is -2.10. The van der Waals surface area contributed by atoms with Crippen LogP contribution in [-0.2, 0) is 0 Å². The quantitative estimate of drug-likeness (QED) is 0.781. The molecule has 0 unspecified atom stereocenters. The smallest absolute Gasteiger partial charge is 0.0371 e. The maximum atomic E-state index is 4.14. The molecule has 0 aromatic heterocycles. The molecule has 0 aliphatic rings. The van der Waals surface area contributed by atoms with Gasteiger partial charge in [0.15, 0.2) is 0 Å². The number of anilines is 2. The Morgan fingerprint density at radius 2 is 1.23 bits per heavy atom. The Morgan fingerprint density at radius 3 is 1.55 bits per heavy atom. The summed E-state index contributed by atoms with van der Waals surface area (Å²) >= 11 is 0. The van der Waals surface area contributed by atoms with E-state index in [1.54, 1.807) is 0 Å². The summed E-state index contributed by atoms with van der Waals surface area (Å²) in [7, 11) is 7.07. The lowest BCUT2D eigenvalue weighted by molar-refractivity contribution is 1.12. The molecule has 0 aliphatic carbocycles. The molecule has 0 amide bonds. The summed E-state index contributed by atoms with van der Waals surface area (Å²) in [6, 6.07) is 17.5. The van der Waals surface area contributed by atoms with Gasteiger partial charge in [-0.15, -0.1) is 0 Å². The van der Waals surface area contributed by atoms with E-state index in [0.29, 0.717) is 0 Å². The van der Waals surface area contributed by atoms with Gasteiger partial charge in [-0.1, -0.05) is 18.7 Å². The van der Waals surface area contributed by atoms with Crippen molar-refractivity contribution in [2.75, 3.05) is 44.2 Å². The molecule has 0 heterocycles. The Hall–Kier alpha value is -1.87. The monoisotopic (exact) mass is 314 g/mol.